The third-order valence-electron chi connectivity index (χ3n) is 4.53. The number of rotatable bonds is 4. The monoisotopic (exact) mass is 416 g/mol. The highest BCUT2D eigenvalue weighted by molar-refractivity contribution is 6.30. The van der Waals surface area contributed by atoms with Crippen molar-refractivity contribution in [2.24, 2.45) is 10.5 Å². The van der Waals surface area contributed by atoms with Crippen molar-refractivity contribution >= 4 is 40.7 Å². The molecule has 1 heterocycles. The molecule has 0 spiro atoms. The molecule has 2 aromatic carbocycles. The lowest BCUT2D eigenvalue weighted by atomic mass is 9.82. The molecule has 0 unspecified atom stereocenters. The van der Waals surface area contributed by atoms with Crippen LogP contribution in [0.1, 0.15) is 12.5 Å². The summed E-state index contributed by atoms with van der Waals surface area (Å²) in [4.78, 5) is 35.3. The molecule has 0 fully saturated rings. The van der Waals surface area contributed by atoms with Crippen molar-refractivity contribution < 1.29 is 19.2 Å². The van der Waals surface area contributed by atoms with Crippen LogP contribution in [0.2, 0.25) is 5.02 Å². The second-order valence-electron chi connectivity index (χ2n) is 6.57. The van der Waals surface area contributed by atoms with Crippen LogP contribution >= 0.6 is 11.6 Å². The van der Waals surface area contributed by atoms with Gasteiger partial charge in [0.15, 0.2) is 0 Å². The quantitative estimate of drug-likeness (QED) is 0.464. The van der Waals surface area contributed by atoms with E-state index in [4.69, 9.17) is 16.3 Å². The van der Waals surface area contributed by atoms with Crippen LogP contribution in [0.3, 0.4) is 0 Å². The number of nitrogens with one attached hydrogen (secondary N) is 1. The molecule has 0 saturated heterocycles. The Labute approximate surface area is 171 Å². The molecule has 1 N–H and O–H groups in total. The van der Waals surface area contributed by atoms with E-state index in [1.807, 2.05) is 0 Å². The zero-order valence-corrected chi connectivity index (χ0v) is 16.3. The molecule has 2 aromatic rings. The van der Waals surface area contributed by atoms with Crippen LogP contribution in [0.5, 0.6) is 0 Å². The number of urea groups is 1. The molecule has 0 bridgehead atoms. The third kappa shape index (κ3) is 4.04. The van der Waals surface area contributed by atoms with Gasteiger partial charge in [-0.25, -0.2) is 9.80 Å². The number of esters is 1. The van der Waals surface area contributed by atoms with E-state index in [1.54, 1.807) is 31.2 Å². The van der Waals surface area contributed by atoms with Crippen molar-refractivity contribution in [3.8, 4) is 0 Å². The first-order valence-corrected chi connectivity index (χ1v) is 8.89. The molecule has 0 aliphatic carbocycles. The number of benzene rings is 2. The van der Waals surface area contributed by atoms with Gasteiger partial charge in [0.1, 0.15) is 5.41 Å². The molecule has 0 radical (unpaired) electrons. The molecule has 1 aliphatic rings. The maximum absolute atomic E-state index is 12.7. The van der Waals surface area contributed by atoms with Crippen molar-refractivity contribution in [3.05, 3.63) is 69.2 Å². The van der Waals surface area contributed by atoms with Gasteiger partial charge < -0.3 is 10.1 Å². The topological polar surface area (TPSA) is 114 Å². The Hall–Kier alpha value is -3.46. The molecule has 0 aromatic heterocycles. The predicted molar refractivity (Wildman–Crippen MR) is 107 cm³/mol. The number of halogens is 1. The number of ether oxygens (including phenoxy) is 1. The fourth-order valence-corrected chi connectivity index (χ4v) is 3.11. The second-order valence-corrected chi connectivity index (χ2v) is 7.01. The van der Waals surface area contributed by atoms with Crippen LogP contribution in [0.15, 0.2) is 53.6 Å². The van der Waals surface area contributed by atoms with Crippen LogP contribution < -0.4 is 5.32 Å². The number of carbonyl (C=O) groups excluding carboxylic acids is 2. The first-order valence-electron chi connectivity index (χ1n) is 8.51. The Morgan fingerprint density at radius 2 is 1.83 bits per heavy atom. The van der Waals surface area contributed by atoms with Crippen LogP contribution in [-0.2, 0) is 9.53 Å². The van der Waals surface area contributed by atoms with E-state index in [0.29, 0.717) is 22.0 Å². The van der Waals surface area contributed by atoms with Crippen molar-refractivity contribution in [1.29, 1.82) is 0 Å². The molecule has 150 valence electrons. The Morgan fingerprint density at radius 1 is 1.21 bits per heavy atom. The van der Waals surface area contributed by atoms with Gasteiger partial charge in [-0.3, -0.25) is 14.9 Å². The molecule has 29 heavy (non-hydrogen) atoms. The number of amides is 2. The average molecular weight is 417 g/mol. The molecular formula is C19H17ClN4O5. The normalized spacial score (nSPS) is 18.2. The molecule has 1 atom stereocenters. The Morgan fingerprint density at radius 3 is 2.38 bits per heavy atom. The van der Waals surface area contributed by atoms with Crippen LogP contribution in [0.25, 0.3) is 0 Å². The highest BCUT2D eigenvalue weighted by Crippen LogP contribution is 2.33. The standard InChI is InChI=1S/C19H17ClN4O5/c1-19(17(25)29-2)11-23(22-16(19)12-3-5-13(20)6-4-12)18(26)21-14-7-9-15(10-8-14)24(27)28/h3-10H,11H2,1-2H3,(H,21,26)/t19-/m0/s1. The largest absolute Gasteiger partial charge is 0.468 e. The Kier molecular flexibility index (Phi) is 5.51. The van der Waals surface area contributed by atoms with Gasteiger partial charge in [0, 0.05) is 22.8 Å². The van der Waals surface area contributed by atoms with Crippen molar-refractivity contribution in [2.75, 3.05) is 19.0 Å². The number of hydrogen-bond acceptors (Lipinski definition) is 6. The zero-order valence-electron chi connectivity index (χ0n) is 15.6. The van der Waals surface area contributed by atoms with Crippen LogP contribution in [-0.4, -0.2) is 41.3 Å². The number of nitro benzene ring substituents is 1. The van der Waals surface area contributed by atoms with E-state index in [1.165, 1.54) is 31.4 Å². The minimum absolute atomic E-state index is 0.0313. The van der Waals surface area contributed by atoms with Gasteiger partial charge in [0.25, 0.3) is 5.69 Å². The summed E-state index contributed by atoms with van der Waals surface area (Å²) in [5.74, 6) is -0.531. The number of nitrogens with zero attached hydrogens (tertiary/aromatic N) is 3. The fraction of sp³-hybridized carbons (Fsp3) is 0.211. The van der Waals surface area contributed by atoms with Gasteiger partial charge in [-0.05, 0) is 36.8 Å². The lowest BCUT2D eigenvalue weighted by molar-refractivity contribution is -0.384. The number of anilines is 1. The van der Waals surface area contributed by atoms with Crippen LogP contribution in [0, 0.1) is 15.5 Å². The summed E-state index contributed by atoms with van der Waals surface area (Å²) in [6.07, 6.45) is 0. The van der Waals surface area contributed by atoms with E-state index in [0.717, 1.165) is 5.01 Å². The first-order chi connectivity index (χ1) is 13.7. The minimum Gasteiger partial charge on any atom is -0.468 e. The van der Waals surface area contributed by atoms with Gasteiger partial charge in [-0.2, -0.15) is 5.10 Å². The average Bonchev–Trinajstić information content (AvgIpc) is 3.07. The number of nitro groups is 1. The summed E-state index contributed by atoms with van der Waals surface area (Å²) in [5, 5.41) is 19.3. The molecule has 10 heteroatoms. The molecule has 0 saturated carbocycles. The summed E-state index contributed by atoms with van der Waals surface area (Å²) in [7, 11) is 1.27. The Balaban J connectivity index is 1.87. The van der Waals surface area contributed by atoms with Gasteiger partial charge in [-0.1, -0.05) is 23.7 Å². The summed E-state index contributed by atoms with van der Waals surface area (Å²) >= 11 is 5.93. The summed E-state index contributed by atoms with van der Waals surface area (Å²) in [5.41, 5.74) is 0.101. The number of carbonyl (C=O) groups is 2. The van der Waals surface area contributed by atoms with Crippen molar-refractivity contribution in [1.82, 2.24) is 5.01 Å². The van der Waals surface area contributed by atoms with E-state index in [2.05, 4.69) is 10.4 Å². The van der Waals surface area contributed by atoms with E-state index < -0.39 is 22.3 Å². The highest BCUT2D eigenvalue weighted by atomic mass is 35.5. The summed E-state index contributed by atoms with van der Waals surface area (Å²) in [6, 6.07) is 11.5. The number of hydrogen-bond donors (Lipinski definition) is 1. The first kappa shape index (κ1) is 20.3. The van der Waals surface area contributed by atoms with E-state index in [-0.39, 0.29) is 12.2 Å². The maximum atomic E-state index is 12.7. The zero-order chi connectivity index (χ0) is 21.2. The smallest absolute Gasteiger partial charge is 0.342 e. The van der Waals surface area contributed by atoms with Gasteiger partial charge in [-0.15, -0.1) is 0 Å². The van der Waals surface area contributed by atoms with Crippen molar-refractivity contribution in [2.45, 2.75) is 6.92 Å². The van der Waals surface area contributed by atoms with Gasteiger partial charge >= 0.3 is 12.0 Å². The maximum Gasteiger partial charge on any atom is 0.342 e. The number of non-ortho nitro benzene ring substituents is 1. The minimum atomic E-state index is -1.17. The Bertz CT molecular complexity index is 991. The summed E-state index contributed by atoms with van der Waals surface area (Å²) in [6.45, 7) is 1.61. The fourth-order valence-electron chi connectivity index (χ4n) is 2.98. The SMILES string of the molecule is COC(=O)[C@@]1(C)CN(C(=O)Nc2ccc([N+](=O)[O-])cc2)N=C1c1ccc(Cl)cc1. The lowest BCUT2D eigenvalue weighted by Gasteiger charge is -2.23. The molecular weight excluding hydrogens is 400 g/mol. The van der Waals surface area contributed by atoms with E-state index in [9.17, 15) is 19.7 Å². The molecule has 2 amide bonds. The molecule has 9 nitrogen and oxygen atoms in total. The highest BCUT2D eigenvalue weighted by Gasteiger charge is 2.48. The molecule has 1 aliphatic heterocycles. The van der Waals surface area contributed by atoms with Crippen molar-refractivity contribution in [3.63, 3.8) is 0 Å². The lowest BCUT2D eigenvalue weighted by Crippen LogP contribution is -2.42. The van der Waals surface area contributed by atoms with E-state index >= 15 is 0 Å². The number of hydrazone groups is 1. The van der Waals surface area contributed by atoms with Crippen LogP contribution in [0.4, 0.5) is 16.2 Å². The third-order valence-corrected chi connectivity index (χ3v) is 4.78. The second kappa shape index (κ2) is 7.88. The molecule has 3 rings (SSSR count). The van der Waals surface area contributed by atoms with Gasteiger partial charge in [0.05, 0.1) is 24.3 Å². The number of methoxy groups -OCH3 is 1. The summed E-state index contributed by atoms with van der Waals surface area (Å²) < 4.78 is 4.93. The predicted octanol–water partition coefficient (Wildman–Crippen LogP) is 3.68. The van der Waals surface area contributed by atoms with Gasteiger partial charge in [0.2, 0.25) is 0 Å².